The molecule has 3 aromatic carbocycles. The molecule has 0 aliphatic carbocycles. The molecule has 4 aromatic rings. The average molecular weight is 541 g/mol. The Morgan fingerprint density at radius 2 is 1.75 bits per heavy atom. The maximum absolute atomic E-state index is 12.6. The van der Waals surface area contributed by atoms with Gasteiger partial charge in [0.15, 0.2) is 0 Å². The van der Waals surface area contributed by atoms with Crippen molar-refractivity contribution in [2.45, 2.75) is 32.2 Å². The fraction of sp³-hybridized carbons (Fsp3) is 0.226. The number of amides is 2. The molecule has 0 spiro atoms. The van der Waals surface area contributed by atoms with Gasteiger partial charge in [-0.25, -0.2) is 4.98 Å². The zero-order valence-electron chi connectivity index (χ0n) is 22.2. The molecule has 0 saturated carbocycles. The van der Waals surface area contributed by atoms with E-state index < -0.39 is 24.3 Å². The summed E-state index contributed by atoms with van der Waals surface area (Å²) < 4.78 is 0. The van der Waals surface area contributed by atoms with Crippen molar-refractivity contribution in [2.24, 2.45) is 0 Å². The Bertz CT molecular complexity index is 1520. The molecule has 0 aliphatic heterocycles. The predicted octanol–water partition coefficient (Wildman–Crippen LogP) is 4.56. The SMILES string of the molecule is Cc1ccnc(NCCCC(=O)NCC(=O)NC(CC(=O)O)c2ccc(-c3cccc4ccccc34)cc2O)c1. The van der Waals surface area contributed by atoms with Gasteiger partial charge in [0.05, 0.1) is 19.0 Å². The van der Waals surface area contributed by atoms with Crippen molar-refractivity contribution in [3.05, 3.63) is 90.1 Å². The molecule has 5 N–H and O–H groups in total. The van der Waals surface area contributed by atoms with Crippen molar-refractivity contribution in [1.29, 1.82) is 0 Å². The van der Waals surface area contributed by atoms with E-state index >= 15 is 0 Å². The first-order valence-corrected chi connectivity index (χ1v) is 13.1. The van der Waals surface area contributed by atoms with Crippen LogP contribution in [0.25, 0.3) is 21.9 Å². The van der Waals surface area contributed by atoms with Crippen LogP contribution in [0.2, 0.25) is 0 Å². The number of phenols is 1. The van der Waals surface area contributed by atoms with E-state index in [1.165, 1.54) is 0 Å². The van der Waals surface area contributed by atoms with Crippen LogP contribution in [-0.2, 0) is 14.4 Å². The maximum atomic E-state index is 12.6. The van der Waals surface area contributed by atoms with Gasteiger partial charge in [-0.1, -0.05) is 54.6 Å². The molecule has 0 bridgehead atoms. The van der Waals surface area contributed by atoms with Crippen LogP contribution in [0.1, 0.15) is 36.4 Å². The van der Waals surface area contributed by atoms with E-state index in [9.17, 15) is 24.6 Å². The number of nitrogens with zero attached hydrogens (tertiary/aromatic N) is 1. The van der Waals surface area contributed by atoms with Crippen LogP contribution in [0, 0.1) is 6.92 Å². The summed E-state index contributed by atoms with van der Waals surface area (Å²) in [5.41, 5.74) is 3.05. The number of carboxylic acid groups (broad SMARTS) is 1. The molecule has 2 amide bonds. The zero-order valence-corrected chi connectivity index (χ0v) is 22.2. The first-order chi connectivity index (χ1) is 19.3. The van der Waals surface area contributed by atoms with Crippen LogP contribution in [0.15, 0.2) is 79.0 Å². The van der Waals surface area contributed by atoms with E-state index in [-0.39, 0.29) is 30.2 Å². The molecule has 1 heterocycles. The van der Waals surface area contributed by atoms with Gasteiger partial charge in [-0.15, -0.1) is 0 Å². The Morgan fingerprint density at radius 1 is 0.950 bits per heavy atom. The molecule has 206 valence electrons. The number of anilines is 1. The Hall–Kier alpha value is -4.92. The summed E-state index contributed by atoms with van der Waals surface area (Å²) in [5.74, 6) is -1.39. The highest BCUT2D eigenvalue weighted by Crippen LogP contribution is 2.34. The van der Waals surface area contributed by atoms with Crippen molar-refractivity contribution in [3.8, 4) is 16.9 Å². The van der Waals surface area contributed by atoms with Crippen LogP contribution in [0.5, 0.6) is 5.75 Å². The number of aromatic nitrogens is 1. The molecule has 0 fully saturated rings. The molecule has 9 nitrogen and oxygen atoms in total. The highest BCUT2D eigenvalue weighted by Gasteiger charge is 2.22. The van der Waals surface area contributed by atoms with Gasteiger partial charge in [-0.2, -0.15) is 0 Å². The van der Waals surface area contributed by atoms with Gasteiger partial charge in [0.1, 0.15) is 11.6 Å². The highest BCUT2D eigenvalue weighted by atomic mass is 16.4. The van der Waals surface area contributed by atoms with Crippen LogP contribution < -0.4 is 16.0 Å². The van der Waals surface area contributed by atoms with Crippen LogP contribution in [0.3, 0.4) is 0 Å². The lowest BCUT2D eigenvalue weighted by atomic mass is 9.95. The van der Waals surface area contributed by atoms with Crippen LogP contribution in [0.4, 0.5) is 5.82 Å². The normalized spacial score (nSPS) is 11.5. The van der Waals surface area contributed by atoms with Crippen molar-refractivity contribution in [2.75, 3.05) is 18.4 Å². The Labute approximate surface area is 232 Å². The summed E-state index contributed by atoms with van der Waals surface area (Å²) in [6.07, 6.45) is 2.03. The molecule has 1 aromatic heterocycles. The van der Waals surface area contributed by atoms with Gasteiger partial charge in [0, 0.05) is 24.7 Å². The third kappa shape index (κ3) is 7.57. The number of rotatable bonds is 12. The molecule has 0 saturated heterocycles. The number of nitrogens with one attached hydrogen (secondary N) is 3. The van der Waals surface area contributed by atoms with E-state index in [4.69, 9.17) is 0 Å². The summed E-state index contributed by atoms with van der Waals surface area (Å²) in [5, 5.41) is 30.7. The lowest BCUT2D eigenvalue weighted by molar-refractivity contribution is -0.138. The largest absolute Gasteiger partial charge is 0.508 e. The molecule has 1 atom stereocenters. The van der Waals surface area contributed by atoms with Gasteiger partial charge < -0.3 is 26.2 Å². The molecule has 1 unspecified atom stereocenters. The van der Waals surface area contributed by atoms with E-state index in [2.05, 4.69) is 20.9 Å². The lowest BCUT2D eigenvalue weighted by Gasteiger charge is -2.20. The molecule has 4 rings (SSSR count). The first kappa shape index (κ1) is 28.1. The standard InChI is InChI=1S/C31H32N4O5/c1-20-13-15-33-28(16-20)32-14-5-10-29(37)34-19-30(38)35-26(18-31(39)40)25-12-11-22(17-27(25)36)24-9-4-7-21-6-2-3-8-23(21)24/h2-4,6-9,11-13,15-17,26,36H,5,10,14,18-19H2,1H3,(H,32,33)(H,34,37)(H,35,38)(H,39,40). The minimum atomic E-state index is -1.14. The molecule has 40 heavy (non-hydrogen) atoms. The summed E-state index contributed by atoms with van der Waals surface area (Å²) in [6.45, 7) is 2.20. The van der Waals surface area contributed by atoms with Crippen molar-refractivity contribution in [3.63, 3.8) is 0 Å². The number of aryl methyl sites for hydroxylation is 1. The van der Waals surface area contributed by atoms with Gasteiger partial charge >= 0.3 is 5.97 Å². The predicted molar refractivity (Wildman–Crippen MR) is 154 cm³/mol. The van der Waals surface area contributed by atoms with Crippen molar-refractivity contribution < 1.29 is 24.6 Å². The number of hydrogen-bond donors (Lipinski definition) is 5. The lowest BCUT2D eigenvalue weighted by Crippen LogP contribution is -2.39. The number of carboxylic acids is 1. The molecule has 0 radical (unpaired) electrons. The van der Waals surface area contributed by atoms with E-state index in [1.807, 2.05) is 61.5 Å². The van der Waals surface area contributed by atoms with Gasteiger partial charge in [-0.3, -0.25) is 14.4 Å². The number of pyridine rings is 1. The summed E-state index contributed by atoms with van der Waals surface area (Å²) in [7, 11) is 0. The summed E-state index contributed by atoms with van der Waals surface area (Å²) in [6, 6.07) is 21.6. The fourth-order valence-electron chi connectivity index (χ4n) is 4.51. The Balaban J connectivity index is 1.34. The first-order valence-electron chi connectivity index (χ1n) is 13.1. The van der Waals surface area contributed by atoms with Gasteiger partial charge in [0.2, 0.25) is 11.8 Å². The number of phenolic OH excluding ortho intramolecular Hbond substituents is 1. The molecular weight excluding hydrogens is 508 g/mol. The minimum Gasteiger partial charge on any atom is -0.508 e. The maximum Gasteiger partial charge on any atom is 0.305 e. The Morgan fingerprint density at radius 3 is 2.52 bits per heavy atom. The van der Waals surface area contributed by atoms with Crippen LogP contribution in [-0.4, -0.2) is 46.1 Å². The topological polar surface area (TPSA) is 141 Å². The van der Waals surface area contributed by atoms with Gasteiger partial charge in [0.25, 0.3) is 0 Å². The summed E-state index contributed by atoms with van der Waals surface area (Å²) >= 11 is 0. The van der Waals surface area contributed by atoms with E-state index in [1.54, 1.807) is 24.4 Å². The van der Waals surface area contributed by atoms with E-state index in [0.717, 1.165) is 33.3 Å². The number of benzene rings is 3. The monoisotopic (exact) mass is 540 g/mol. The number of aliphatic carboxylic acids is 1. The van der Waals surface area contributed by atoms with Crippen LogP contribution >= 0.6 is 0 Å². The number of hydrogen-bond acceptors (Lipinski definition) is 6. The second kappa shape index (κ2) is 13.2. The molecule has 9 heteroatoms. The van der Waals surface area contributed by atoms with Gasteiger partial charge in [-0.05, 0) is 59.0 Å². The van der Waals surface area contributed by atoms with Crippen molar-refractivity contribution in [1.82, 2.24) is 15.6 Å². The fourth-order valence-corrected chi connectivity index (χ4v) is 4.51. The van der Waals surface area contributed by atoms with Crippen molar-refractivity contribution >= 4 is 34.4 Å². The number of carbonyl (C=O) groups is 3. The average Bonchev–Trinajstić information content (AvgIpc) is 2.93. The third-order valence-corrected chi connectivity index (χ3v) is 6.47. The summed E-state index contributed by atoms with van der Waals surface area (Å²) in [4.78, 5) is 40.5. The molecule has 0 aliphatic rings. The Kier molecular flexibility index (Phi) is 9.30. The zero-order chi connectivity index (χ0) is 28.5. The second-order valence-corrected chi connectivity index (χ2v) is 9.54. The quantitative estimate of drug-likeness (QED) is 0.166. The highest BCUT2D eigenvalue weighted by molar-refractivity contribution is 5.97. The van der Waals surface area contributed by atoms with E-state index in [0.29, 0.717) is 13.0 Å². The minimum absolute atomic E-state index is 0.128. The third-order valence-electron chi connectivity index (χ3n) is 6.47. The number of carbonyl (C=O) groups excluding carboxylic acids is 2. The number of aromatic hydroxyl groups is 1. The smallest absolute Gasteiger partial charge is 0.305 e. The molecular formula is C31H32N4O5. The number of fused-ring (bicyclic) bond motifs is 1. The second-order valence-electron chi connectivity index (χ2n) is 9.54.